The smallest absolute Gasteiger partial charge is 0.110 e. The normalized spacial score (nSPS) is 24.6. The first-order valence-electron chi connectivity index (χ1n) is 12.2. The summed E-state index contributed by atoms with van der Waals surface area (Å²) in [6.07, 6.45) is 21.5. The van der Waals surface area contributed by atoms with E-state index in [0.29, 0.717) is 5.41 Å². The van der Waals surface area contributed by atoms with Gasteiger partial charge in [0.25, 0.3) is 0 Å². The van der Waals surface area contributed by atoms with Crippen LogP contribution in [0.2, 0.25) is 0 Å². The average Bonchev–Trinajstić information content (AvgIpc) is 3.34. The molecule has 0 spiro atoms. The standard InChI is InChI=1S/C26H37NS2/c1-2-3-4-5-7-10-20-11-13-21(14-12-20)26(15-8-6-9-16-26)25-18-24-23(29-25)17-22(19-27)28-24/h17-18,20-21H,2-16H2,1H3. The second-order valence-corrected chi connectivity index (χ2v) is 11.9. The Bertz CT molecular complexity index is 778. The van der Waals surface area contributed by atoms with E-state index in [0.717, 1.165) is 16.7 Å². The van der Waals surface area contributed by atoms with Crippen LogP contribution in [0.3, 0.4) is 0 Å². The molecule has 0 amide bonds. The largest absolute Gasteiger partial charge is 0.192 e. The number of thiophene rings is 2. The highest BCUT2D eigenvalue weighted by Gasteiger charge is 2.43. The Morgan fingerprint density at radius 2 is 1.66 bits per heavy atom. The molecule has 2 heterocycles. The van der Waals surface area contributed by atoms with Crippen LogP contribution in [0.25, 0.3) is 9.40 Å². The summed E-state index contributed by atoms with van der Waals surface area (Å²) in [4.78, 5) is 2.53. The molecule has 29 heavy (non-hydrogen) atoms. The van der Waals surface area contributed by atoms with Gasteiger partial charge in [0.2, 0.25) is 0 Å². The van der Waals surface area contributed by atoms with E-state index in [2.05, 4.69) is 25.1 Å². The first kappa shape index (κ1) is 21.4. The zero-order valence-electron chi connectivity index (χ0n) is 18.2. The Labute approximate surface area is 185 Å². The predicted molar refractivity (Wildman–Crippen MR) is 128 cm³/mol. The average molecular weight is 428 g/mol. The van der Waals surface area contributed by atoms with Crippen LogP contribution in [0.4, 0.5) is 0 Å². The molecule has 0 unspecified atom stereocenters. The fraction of sp³-hybridized carbons (Fsp3) is 0.731. The number of unbranched alkanes of at least 4 members (excludes halogenated alkanes) is 4. The van der Waals surface area contributed by atoms with Gasteiger partial charge in [0.1, 0.15) is 10.9 Å². The van der Waals surface area contributed by atoms with Gasteiger partial charge in [0.15, 0.2) is 0 Å². The number of fused-ring (bicyclic) bond motifs is 1. The summed E-state index contributed by atoms with van der Waals surface area (Å²) < 4.78 is 2.71. The van der Waals surface area contributed by atoms with Crippen LogP contribution in [-0.2, 0) is 5.41 Å². The molecule has 0 aromatic carbocycles. The third kappa shape index (κ3) is 4.75. The molecule has 2 aromatic rings. The summed E-state index contributed by atoms with van der Waals surface area (Å²) >= 11 is 3.71. The van der Waals surface area contributed by atoms with Crippen molar-refractivity contribution in [2.24, 2.45) is 11.8 Å². The molecule has 0 bridgehead atoms. The zero-order valence-corrected chi connectivity index (χ0v) is 19.8. The maximum absolute atomic E-state index is 9.22. The van der Waals surface area contributed by atoms with E-state index >= 15 is 0 Å². The van der Waals surface area contributed by atoms with Crippen molar-refractivity contribution in [3.63, 3.8) is 0 Å². The van der Waals surface area contributed by atoms with Crippen molar-refractivity contribution in [1.82, 2.24) is 0 Å². The number of hydrogen-bond acceptors (Lipinski definition) is 3. The van der Waals surface area contributed by atoms with Crippen LogP contribution in [0.15, 0.2) is 12.1 Å². The van der Waals surface area contributed by atoms with Crippen LogP contribution in [0.1, 0.15) is 113 Å². The van der Waals surface area contributed by atoms with Crippen LogP contribution < -0.4 is 0 Å². The van der Waals surface area contributed by atoms with E-state index in [9.17, 15) is 5.26 Å². The Morgan fingerprint density at radius 3 is 2.34 bits per heavy atom. The Morgan fingerprint density at radius 1 is 0.931 bits per heavy atom. The highest BCUT2D eigenvalue weighted by atomic mass is 32.1. The molecule has 0 radical (unpaired) electrons. The first-order chi connectivity index (χ1) is 14.2. The Hall–Kier alpha value is -0.850. The summed E-state index contributed by atoms with van der Waals surface area (Å²) in [5.74, 6) is 1.89. The molecule has 2 aliphatic rings. The van der Waals surface area contributed by atoms with Crippen LogP contribution in [-0.4, -0.2) is 0 Å². The van der Waals surface area contributed by atoms with Crippen LogP contribution >= 0.6 is 22.7 Å². The van der Waals surface area contributed by atoms with Crippen molar-refractivity contribution in [1.29, 1.82) is 5.26 Å². The topological polar surface area (TPSA) is 23.8 Å². The van der Waals surface area contributed by atoms with E-state index in [4.69, 9.17) is 0 Å². The third-order valence-corrected chi connectivity index (χ3v) is 10.3. The van der Waals surface area contributed by atoms with Gasteiger partial charge in [0.05, 0.1) is 0 Å². The lowest BCUT2D eigenvalue weighted by molar-refractivity contribution is 0.127. The van der Waals surface area contributed by atoms with E-state index < -0.39 is 0 Å². The summed E-state index contributed by atoms with van der Waals surface area (Å²) in [7, 11) is 0. The fourth-order valence-corrected chi connectivity index (χ4v) is 8.73. The van der Waals surface area contributed by atoms with Gasteiger partial charge in [-0.25, -0.2) is 0 Å². The molecule has 0 N–H and O–H groups in total. The van der Waals surface area contributed by atoms with Crippen LogP contribution in [0, 0.1) is 23.2 Å². The molecule has 158 valence electrons. The summed E-state index contributed by atoms with van der Waals surface area (Å²) in [5, 5.41) is 9.22. The number of rotatable bonds is 8. The van der Waals surface area contributed by atoms with Crippen molar-refractivity contribution in [2.75, 3.05) is 0 Å². The van der Waals surface area contributed by atoms with Crippen molar-refractivity contribution in [3.8, 4) is 6.07 Å². The minimum absolute atomic E-state index is 0.445. The fourth-order valence-electron chi connectivity index (χ4n) is 6.22. The number of hydrogen-bond donors (Lipinski definition) is 0. The molecule has 2 aliphatic carbocycles. The first-order valence-corrected chi connectivity index (χ1v) is 13.8. The lowest BCUT2D eigenvalue weighted by Gasteiger charge is -2.46. The molecule has 1 nitrogen and oxygen atoms in total. The lowest BCUT2D eigenvalue weighted by Crippen LogP contribution is -2.38. The molecule has 2 fully saturated rings. The Balaban J connectivity index is 1.42. The monoisotopic (exact) mass is 427 g/mol. The molecule has 0 aliphatic heterocycles. The molecule has 4 rings (SSSR count). The van der Waals surface area contributed by atoms with Gasteiger partial charge >= 0.3 is 0 Å². The molecular weight excluding hydrogens is 390 g/mol. The van der Waals surface area contributed by atoms with Crippen LogP contribution in [0.5, 0.6) is 0 Å². The van der Waals surface area contributed by atoms with E-state index in [1.54, 1.807) is 16.2 Å². The summed E-state index contributed by atoms with van der Waals surface area (Å²) in [6, 6.07) is 6.94. The third-order valence-electron chi connectivity index (χ3n) is 7.90. The molecule has 0 atom stereocenters. The second-order valence-electron chi connectivity index (χ2n) is 9.70. The van der Waals surface area contributed by atoms with Gasteiger partial charge in [0, 0.05) is 19.7 Å². The van der Waals surface area contributed by atoms with Gasteiger partial charge in [-0.1, -0.05) is 77.6 Å². The molecule has 2 saturated carbocycles. The van der Waals surface area contributed by atoms with E-state index in [1.807, 2.05) is 11.3 Å². The van der Waals surface area contributed by atoms with Crippen molar-refractivity contribution < 1.29 is 0 Å². The summed E-state index contributed by atoms with van der Waals surface area (Å²) in [5.41, 5.74) is 0.445. The van der Waals surface area contributed by atoms with Gasteiger partial charge in [-0.3, -0.25) is 0 Å². The predicted octanol–water partition coefficient (Wildman–Crippen LogP) is 9.20. The van der Waals surface area contributed by atoms with Crippen molar-refractivity contribution in [3.05, 3.63) is 21.9 Å². The number of nitriles is 1. The maximum atomic E-state index is 9.22. The van der Waals surface area contributed by atoms with Gasteiger partial charge < -0.3 is 0 Å². The maximum Gasteiger partial charge on any atom is 0.110 e. The van der Waals surface area contributed by atoms with Gasteiger partial charge in [-0.2, -0.15) is 5.26 Å². The van der Waals surface area contributed by atoms with Crippen molar-refractivity contribution >= 4 is 32.1 Å². The van der Waals surface area contributed by atoms with Crippen molar-refractivity contribution in [2.45, 2.75) is 109 Å². The van der Waals surface area contributed by atoms with E-state index in [1.165, 1.54) is 106 Å². The quantitative estimate of drug-likeness (QED) is 0.385. The molecule has 0 saturated heterocycles. The molecular formula is C26H37NS2. The minimum atomic E-state index is 0.445. The van der Waals surface area contributed by atoms with E-state index in [-0.39, 0.29) is 0 Å². The zero-order chi connectivity index (χ0) is 20.1. The highest BCUT2D eigenvalue weighted by Crippen LogP contribution is 2.54. The second kappa shape index (κ2) is 9.97. The summed E-state index contributed by atoms with van der Waals surface area (Å²) in [6.45, 7) is 2.31. The SMILES string of the molecule is CCCCCCCC1CCC(C2(c3cc4sc(C#N)cc4s3)CCCCC2)CC1. The highest BCUT2D eigenvalue weighted by molar-refractivity contribution is 7.28. The van der Waals surface area contributed by atoms with Gasteiger partial charge in [-0.15, -0.1) is 22.7 Å². The van der Waals surface area contributed by atoms with Gasteiger partial charge in [-0.05, 0) is 49.7 Å². The molecule has 2 aromatic heterocycles. The Kier molecular flexibility index (Phi) is 7.35. The lowest BCUT2D eigenvalue weighted by atomic mass is 9.60. The number of nitrogens with zero attached hydrogens (tertiary/aromatic N) is 1. The minimum Gasteiger partial charge on any atom is -0.192 e. The molecule has 3 heteroatoms.